The Morgan fingerprint density at radius 1 is 1.15 bits per heavy atom. The number of hydrogen-bond donors (Lipinski definition) is 2. The second kappa shape index (κ2) is 20.1. The largest absolute Gasteiger partial charge is 0.464 e. The summed E-state index contributed by atoms with van der Waals surface area (Å²) in [6.07, 6.45) is 4.05. The number of nitrogens with zero attached hydrogens (tertiary/aromatic N) is 7. The van der Waals surface area contributed by atoms with E-state index in [1.807, 2.05) is 32.2 Å². The van der Waals surface area contributed by atoms with Gasteiger partial charge < -0.3 is 38.8 Å². The molecule has 17 nitrogen and oxygen atoms in total. The van der Waals surface area contributed by atoms with Crippen LogP contribution in [0.2, 0.25) is 0 Å². The maximum Gasteiger partial charge on any atom is 0.324 e. The number of aryl methyl sites for hydroxylation is 1. The highest BCUT2D eigenvalue weighted by Gasteiger charge is 2.46. The number of likely N-dealkylation sites (N-methyl/N-ethyl adjacent to an activating group) is 1. The van der Waals surface area contributed by atoms with E-state index in [-0.39, 0.29) is 56.2 Å². The molecule has 4 aliphatic rings. The fourth-order valence-electron chi connectivity index (χ4n) is 10.3. The third kappa shape index (κ3) is 9.65. The lowest BCUT2D eigenvalue weighted by Crippen LogP contribution is -2.62. The van der Waals surface area contributed by atoms with Crippen LogP contribution in [0.25, 0.3) is 33.4 Å². The number of cyclic esters (lactones) is 1. The minimum absolute atomic E-state index is 0.0600. The molecule has 0 radical (unpaired) electrons. The van der Waals surface area contributed by atoms with Crippen molar-refractivity contribution >= 4 is 52.0 Å². The van der Waals surface area contributed by atoms with E-state index >= 15 is 0 Å². The Labute approximate surface area is 402 Å². The average Bonchev–Trinajstić information content (AvgIpc) is 4.07. The van der Waals surface area contributed by atoms with Gasteiger partial charge >= 0.3 is 12.0 Å². The van der Waals surface area contributed by atoms with E-state index in [0.717, 1.165) is 44.7 Å². The van der Waals surface area contributed by atoms with E-state index in [0.29, 0.717) is 50.5 Å². The Bertz CT molecular complexity index is 2570. The summed E-state index contributed by atoms with van der Waals surface area (Å²) in [5, 5.41) is 8.08. The zero-order chi connectivity index (χ0) is 48.6. The molecule has 7 heterocycles. The van der Waals surface area contributed by atoms with Gasteiger partial charge in [-0.05, 0) is 74.9 Å². The molecule has 8 rings (SSSR count). The molecule has 0 saturated carbocycles. The molecule has 2 N–H and O–H groups in total. The summed E-state index contributed by atoms with van der Waals surface area (Å²) in [6.45, 7) is 18.0. The van der Waals surface area contributed by atoms with E-state index in [1.165, 1.54) is 27.3 Å². The molecule has 0 spiro atoms. The highest BCUT2D eigenvalue weighted by Crippen LogP contribution is 2.42. The number of morpholine rings is 1. The topological polar surface area (TPSA) is 181 Å². The number of aromatic nitrogens is 3. The lowest BCUT2D eigenvalue weighted by atomic mass is 9.84. The normalized spacial score (nSPS) is 22.9. The molecular weight excluding hydrogens is 887 g/mol. The molecule has 0 aliphatic carbocycles. The van der Waals surface area contributed by atoms with Crippen LogP contribution in [-0.4, -0.2) is 148 Å². The van der Waals surface area contributed by atoms with Crippen molar-refractivity contribution in [1.82, 2.24) is 45.0 Å². The zero-order valence-electron chi connectivity index (χ0n) is 40.5. The number of amides is 5. The first-order valence-corrected chi connectivity index (χ1v) is 24.6. The number of ether oxygens (including phenoxy) is 3. The van der Waals surface area contributed by atoms with Crippen LogP contribution in [0.1, 0.15) is 76.8 Å². The van der Waals surface area contributed by atoms with Gasteiger partial charge in [-0.25, -0.2) is 15.2 Å². The minimum atomic E-state index is -1.11. The number of likely N-dealkylation sites (tertiary alicyclic amines) is 1. The van der Waals surface area contributed by atoms with Gasteiger partial charge in [0.2, 0.25) is 11.8 Å². The fraction of sp³-hybridized carbons (Fsp3) is 0.540. The van der Waals surface area contributed by atoms with Crippen molar-refractivity contribution in [1.29, 1.82) is 0 Å². The number of carbonyl (C=O) groups is 5. The second-order valence-electron chi connectivity index (χ2n) is 19.5. The lowest BCUT2D eigenvalue weighted by Gasteiger charge is -2.37. The minimum Gasteiger partial charge on any atom is -0.464 e. The lowest BCUT2D eigenvalue weighted by molar-refractivity contribution is -0.155. The van der Waals surface area contributed by atoms with Crippen LogP contribution in [-0.2, 0) is 52.8 Å². The molecule has 3 fully saturated rings. The number of nitrogens with one attached hydrogen (secondary N) is 2. The standard InChI is InChI=1S/C50H65N9O8S/c1-10-42(60)58-20-21-66-40-26-56(25-39(40)58)49(64)55(8)44(29(3)4)46(61)53-36-23-41-52-37(27-68-41)31-16-17-38-33(22-31)34(45(57(38)11-2)32-14-12-18-51-43(32)30(5)65-9)24-50(6,7)28-67-48(63)35-15-13-19-59(54-35)47(36)62/h10,12,14,16-18,22,27,29-30,35-36,39-40,44,54H,1,11,13,15,19-21,23-26,28H2,2-9H3,(H,53,61)/t30-,35-,36-,39-,40+,44-/m0/s1. The Morgan fingerprint density at radius 2 is 1.94 bits per heavy atom. The van der Waals surface area contributed by atoms with Crippen LogP contribution in [0.5, 0.6) is 0 Å². The van der Waals surface area contributed by atoms with Crippen molar-refractivity contribution in [2.75, 3.05) is 53.6 Å². The van der Waals surface area contributed by atoms with Gasteiger partial charge in [-0.15, -0.1) is 11.3 Å². The number of esters is 1. The summed E-state index contributed by atoms with van der Waals surface area (Å²) in [5.74, 6) is -1.98. The van der Waals surface area contributed by atoms with Crippen molar-refractivity contribution < 1.29 is 38.2 Å². The predicted octanol–water partition coefficient (Wildman–Crippen LogP) is 5.38. The van der Waals surface area contributed by atoms with Crippen molar-refractivity contribution in [3.63, 3.8) is 0 Å². The highest BCUT2D eigenvalue weighted by atomic mass is 32.1. The number of carbonyl (C=O) groups excluding carboxylic acids is 5. The summed E-state index contributed by atoms with van der Waals surface area (Å²) in [7, 11) is 3.27. The van der Waals surface area contributed by atoms with E-state index in [4.69, 9.17) is 24.2 Å². The third-order valence-electron chi connectivity index (χ3n) is 13.8. The number of benzene rings is 1. The van der Waals surface area contributed by atoms with Gasteiger partial charge in [0.05, 0.1) is 60.1 Å². The van der Waals surface area contributed by atoms with Crippen LogP contribution >= 0.6 is 11.3 Å². The van der Waals surface area contributed by atoms with Crippen LogP contribution in [0, 0.1) is 11.3 Å². The number of hydrogen-bond acceptors (Lipinski definition) is 12. The van der Waals surface area contributed by atoms with Crippen LogP contribution in [0.3, 0.4) is 0 Å². The van der Waals surface area contributed by atoms with Gasteiger partial charge in [-0.2, -0.15) is 0 Å². The molecule has 6 bridgehead atoms. The average molecular weight is 952 g/mol. The SMILES string of the molecule is C=CC(=O)N1CCO[C@@H]2CN(C(=O)N(C)[C@H](C(=O)N[C@H]3Cc4nc(cs4)-c4ccc5c(c4)c(c(-c4cccnc4[C@H](C)OC)n5CC)CC(C)(C)COC(=O)[C@@H]4CCCN(N4)C3=O)C(C)C)C[C@@H]21. The van der Waals surface area contributed by atoms with Crippen LogP contribution in [0.15, 0.2) is 54.6 Å². The maximum absolute atomic E-state index is 14.7. The van der Waals surface area contributed by atoms with Gasteiger partial charge in [0.1, 0.15) is 18.1 Å². The molecule has 4 aromatic rings. The summed E-state index contributed by atoms with van der Waals surface area (Å²) < 4.78 is 20.2. The fourth-order valence-corrected chi connectivity index (χ4v) is 11.2. The Balaban J connectivity index is 1.14. The number of thiazole rings is 1. The number of hydrazine groups is 1. The maximum atomic E-state index is 14.7. The summed E-state index contributed by atoms with van der Waals surface area (Å²) in [6, 6.07) is 6.80. The van der Waals surface area contributed by atoms with E-state index in [2.05, 4.69) is 66.9 Å². The highest BCUT2D eigenvalue weighted by molar-refractivity contribution is 7.10. The molecular formula is C50H65N9O8S. The number of urea groups is 1. The number of methoxy groups -OCH3 is 1. The van der Waals surface area contributed by atoms with E-state index in [1.54, 1.807) is 30.2 Å². The monoisotopic (exact) mass is 951 g/mol. The first-order chi connectivity index (χ1) is 32.5. The summed E-state index contributed by atoms with van der Waals surface area (Å²) in [5.41, 5.74) is 9.22. The smallest absolute Gasteiger partial charge is 0.324 e. The molecule has 0 unspecified atom stereocenters. The van der Waals surface area contributed by atoms with Crippen molar-refractivity contribution in [2.24, 2.45) is 11.3 Å². The van der Waals surface area contributed by atoms with Crippen molar-refractivity contribution in [3.05, 3.63) is 70.8 Å². The van der Waals surface area contributed by atoms with E-state index in [9.17, 15) is 24.0 Å². The molecule has 5 amide bonds. The first-order valence-electron chi connectivity index (χ1n) is 23.7. The first kappa shape index (κ1) is 48.8. The Morgan fingerprint density at radius 3 is 2.68 bits per heavy atom. The third-order valence-corrected chi connectivity index (χ3v) is 14.7. The summed E-state index contributed by atoms with van der Waals surface area (Å²) >= 11 is 1.40. The van der Waals surface area contributed by atoms with Crippen molar-refractivity contribution in [2.45, 2.75) is 110 Å². The van der Waals surface area contributed by atoms with E-state index < -0.39 is 47.4 Å². The molecule has 18 heteroatoms. The molecule has 1 aromatic carbocycles. The van der Waals surface area contributed by atoms with Gasteiger partial charge in [0, 0.05) is 85.8 Å². The molecule has 68 heavy (non-hydrogen) atoms. The molecule has 4 aliphatic heterocycles. The Hall–Kier alpha value is -5.69. The van der Waals surface area contributed by atoms with Crippen LogP contribution in [0.4, 0.5) is 4.79 Å². The molecule has 6 atom stereocenters. The Kier molecular flexibility index (Phi) is 14.4. The molecule has 364 valence electrons. The zero-order valence-corrected chi connectivity index (χ0v) is 41.3. The number of pyridine rings is 1. The van der Waals surface area contributed by atoms with Gasteiger partial charge in [0.25, 0.3) is 5.91 Å². The number of rotatable bonds is 9. The molecule has 3 saturated heterocycles. The van der Waals surface area contributed by atoms with Gasteiger partial charge in [-0.3, -0.25) is 29.2 Å². The second-order valence-corrected chi connectivity index (χ2v) is 20.4. The molecule has 3 aromatic heterocycles. The summed E-state index contributed by atoms with van der Waals surface area (Å²) in [4.78, 5) is 84.7. The van der Waals surface area contributed by atoms with Gasteiger partial charge in [0.15, 0.2) is 0 Å². The predicted molar refractivity (Wildman–Crippen MR) is 258 cm³/mol. The number of fused-ring (bicyclic) bond motifs is 7. The quantitative estimate of drug-likeness (QED) is 0.163. The van der Waals surface area contributed by atoms with Crippen LogP contribution < -0.4 is 10.7 Å². The van der Waals surface area contributed by atoms with Crippen molar-refractivity contribution in [3.8, 4) is 22.5 Å². The van der Waals surface area contributed by atoms with Gasteiger partial charge in [-0.1, -0.05) is 40.3 Å².